The number of esters is 1. The van der Waals surface area contributed by atoms with Crippen molar-refractivity contribution in [3.8, 4) is 0 Å². The van der Waals surface area contributed by atoms with Gasteiger partial charge < -0.3 is 15.6 Å². The molecule has 1 unspecified atom stereocenters. The number of alkyl halides is 3. The lowest BCUT2D eigenvalue weighted by atomic mass is 9.97. The number of methoxy groups -OCH3 is 1. The number of ether oxygens (including phenoxy) is 1. The van der Waals surface area contributed by atoms with Crippen LogP contribution in [-0.4, -0.2) is 36.0 Å². The van der Waals surface area contributed by atoms with Crippen LogP contribution in [0.15, 0.2) is 0 Å². The molecule has 0 rings (SSSR count). The van der Waals surface area contributed by atoms with E-state index >= 15 is 0 Å². The summed E-state index contributed by atoms with van der Waals surface area (Å²) in [5.41, 5.74) is 1.57. The van der Waals surface area contributed by atoms with Gasteiger partial charge in [-0.25, -0.2) is 0 Å². The normalized spacial score (nSPS) is 19.0. The first-order valence-electron chi connectivity index (χ1n) is 3.27. The van der Waals surface area contributed by atoms with E-state index in [4.69, 9.17) is 10.8 Å². The lowest BCUT2D eigenvalue weighted by Gasteiger charge is -2.29. The van der Waals surface area contributed by atoms with Crippen LogP contribution < -0.4 is 5.73 Å². The SMILES string of the molecule is COC(=O)[C@@H](N)C(C)(O)C(F)(F)F. The smallest absolute Gasteiger partial charge is 0.419 e. The summed E-state index contributed by atoms with van der Waals surface area (Å²) in [6.45, 7) is 0.411. The second-order valence-electron chi connectivity index (χ2n) is 2.65. The first-order chi connectivity index (χ1) is 5.64. The third-order valence-corrected chi connectivity index (χ3v) is 1.63. The number of hydrogen-bond donors (Lipinski definition) is 2. The third-order valence-electron chi connectivity index (χ3n) is 1.63. The lowest BCUT2D eigenvalue weighted by Crippen LogP contribution is -2.59. The molecule has 0 amide bonds. The highest BCUT2D eigenvalue weighted by Gasteiger charge is 2.56. The molecule has 0 saturated carbocycles. The van der Waals surface area contributed by atoms with E-state index in [1.54, 1.807) is 0 Å². The summed E-state index contributed by atoms with van der Waals surface area (Å²) in [4.78, 5) is 10.6. The minimum absolute atomic E-state index is 0.411. The van der Waals surface area contributed by atoms with Crippen LogP contribution in [0, 0.1) is 0 Å². The van der Waals surface area contributed by atoms with Gasteiger partial charge in [-0.05, 0) is 6.92 Å². The van der Waals surface area contributed by atoms with E-state index in [0.717, 1.165) is 7.11 Å². The molecule has 0 fully saturated rings. The predicted octanol–water partition coefficient (Wildman–Crippen LogP) is -0.200. The minimum atomic E-state index is -4.97. The largest absolute Gasteiger partial charge is 0.468 e. The van der Waals surface area contributed by atoms with E-state index in [0.29, 0.717) is 6.92 Å². The van der Waals surface area contributed by atoms with Gasteiger partial charge in [-0.3, -0.25) is 4.79 Å². The molecule has 0 heterocycles. The van der Waals surface area contributed by atoms with Gasteiger partial charge in [-0.1, -0.05) is 0 Å². The molecular formula is C6H10F3NO3. The summed E-state index contributed by atoms with van der Waals surface area (Å²) in [7, 11) is 0.884. The van der Waals surface area contributed by atoms with E-state index < -0.39 is 23.8 Å². The Kier molecular flexibility index (Phi) is 3.28. The molecule has 0 radical (unpaired) electrons. The van der Waals surface area contributed by atoms with Crippen LogP contribution in [0.5, 0.6) is 0 Å². The number of rotatable bonds is 2. The Hall–Kier alpha value is -0.820. The number of nitrogens with two attached hydrogens (primary N) is 1. The Bertz CT molecular complexity index is 202. The number of hydrogen-bond acceptors (Lipinski definition) is 4. The zero-order valence-electron chi connectivity index (χ0n) is 7.05. The molecule has 0 aliphatic rings. The maximum absolute atomic E-state index is 12.0. The lowest BCUT2D eigenvalue weighted by molar-refractivity contribution is -0.260. The average molecular weight is 201 g/mol. The summed E-state index contributed by atoms with van der Waals surface area (Å²) in [5.74, 6) is -1.32. The van der Waals surface area contributed by atoms with Crippen molar-refractivity contribution in [2.24, 2.45) is 5.73 Å². The Labute approximate surface area is 72.5 Å². The molecule has 0 spiro atoms. The summed E-state index contributed by atoms with van der Waals surface area (Å²) in [6, 6.07) is -2.14. The predicted molar refractivity (Wildman–Crippen MR) is 36.7 cm³/mol. The quantitative estimate of drug-likeness (QED) is 0.607. The second kappa shape index (κ2) is 3.51. The molecule has 2 atom stereocenters. The fourth-order valence-electron chi connectivity index (χ4n) is 0.533. The van der Waals surface area contributed by atoms with Gasteiger partial charge in [-0.2, -0.15) is 13.2 Å². The monoisotopic (exact) mass is 201 g/mol. The zero-order valence-corrected chi connectivity index (χ0v) is 7.05. The highest BCUT2D eigenvalue weighted by atomic mass is 19.4. The van der Waals surface area contributed by atoms with Crippen LogP contribution >= 0.6 is 0 Å². The molecule has 3 N–H and O–H groups in total. The molecule has 13 heavy (non-hydrogen) atoms. The maximum atomic E-state index is 12.0. The highest BCUT2D eigenvalue weighted by molar-refractivity contribution is 5.77. The summed E-state index contributed by atoms with van der Waals surface area (Å²) in [6.07, 6.45) is -4.97. The molecule has 0 aromatic carbocycles. The van der Waals surface area contributed by atoms with Gasteiger partial charge in [0.25, 0.3) is 0 Å². The topological polar surface area (TPSA) is 72.5 Å². The number of halogens is 3. The molecular weight excluding hydrogens is 191 g/mol. The van der Waals surface area contributed by atoms with Crippen LogP contribution in [0.2, 0.25) is 0 Å². The Balaban J connectivity index is 4.74. The zero-order chi connectivity index (χ0) is 10.9. The summed E-state index contributed by atoms with van der Waals surface area (Å²) >= 11 is 0. The Morgan fingerprint density at radius 1 is 1.54 bits per heavy atom. The van der Waals surface area contributed by atoms with Gasteiger partial charge in [0.05, 0.1) is 7.11 Å². The van der Waals surface area contributed by atoms with E-state index in [-0.39, 0.29) is 0 Å². The van der Waals surface area contributed by atoms with Gasteiger partial charge in [0.1, 0.15) is 6.04 Å². The fourth-order valence-corrected chi connectivity index (χ4v) is 0.533. The van der Waals surface area contributed by atoms with Crippen LogP contribution in [-0.2, 0) is 9.53 Å². The van der Waals surface area contributed by atoms with Crippen molar-refractivity contribution in [3.63, 3.8) is 0 Å². The standard InChI is InChI=1S/C6H10F3NO3/c1-5(12,6(7,8)9)3(10)4(11)13-2/h3,12H,10H2,1-2H3/t3-,5?/m1/s1. The van der Waals surface area contributed by atoms with Crippen LogP contribution in [0.25, 0.3) is 0 Å². The highest BCUT2D eigenvalue weighted by Crippen LogP contribution is 2.32. The molecule has 0 aliphatic heterocycles. The van der Waals surface area contributed by atoms with Crippen molar-refractivity contribution in [1.29, 1.82) is 0 Å². The Morgan fingerprint density at radius 2 is 1.92 bits per heavy atom. The van der Waals surface area contributed by atoms with Gasteiger partial charge in [0.15, 0.2) is 5.60 Å². The number of carbonyl (C=O) groups is 1. The average Bonchev–Trinajstić information content (AvgIpc) is 1.99. The van der Waals surface area contributed by atoms with Crippen molar-refractivity contribution in [2.75, 3.05) is 7.11 Å². The van der Waals surface area contributed by atoms with E-state index in [2.05, 4.69) is 4.74 Å². The molecule has 0 aliphatic carbocycles. The fraction of sp³-hybridized carbons (Fsp3) is 0.833. The summed E-state index contributed by atoms with van der Waals surface area (Å²) in [5, 5.41) is 8.87. The summed E-state index contributed by atoms with van der Waals surface area (Å²) < 4.78 is 40.1. The van der Waals surface area contributed by atoms with Crippen molar-refractivity contribution in [1.82, 2.24) is 0 Å². The van der Waals surface area contributed by atoms with Crippen LogP contribution in [0.4, 0.5) is 13.2 Å². The molecule has 4 nitrogen and oxygen atoms in total. The maximum Gasteiger partial charge on any atom is 0.419 e. The first kappa shape index (κ1) is 12.2. The van der Waals surface area contributed by atoms with Crippen molar-refractivity contribution >= 4 is 5.97 Å². The molecule has 0 aromatic heterocycles. The first-order valence-corrected chi connectivity index (χ1v) is 3.27. The Morgan fingerprint density at radius 3 is 2.15 bits per heavy atom. The number of aliphatic hydroxyl groups is 1. The van der Waals surface area contributed by atoms with Crippen molar-refractivity contribution < 1.29 is 27.8 Å². The van der Waals surface area contributed by atoms with Gasteiger partial charge in [0, 0.05) is 0 Å². The van der Waals surface area contributed by atoms with Crippen LogP contribution in [0.3, 0.4) is 0 Å². The second-order valence-corrected chi connectivity index (χ2v) is 2.65. The molecule has 7 heteroatoms. The molecule has 78 valence electrons. The van der Waals surface area contributed by atoms with Crippen molar-refractivity contribution in [3.05, 3.63) is 0 Å². The molecule has 0 saturated heterocycles. The van der Waals surface area contributed by atoms with Gasteiger partial charge in [0.2, 0.25) is 0 Å². The van der Waals surface area contributed by atoms with Gasteiger partial charge in [-0.15, -0.1) is 0 Å². The molecule has 0 bridgehead atoms. The van der Waals surface area contributed by atoms with Gasteiger partial charge >= 0.3 is 12.1 Å². The number of carbonyl (C=O) groups excluding carboxylic acids is 1. The van der Waals surface area contributed by atoms with Crippen LogP contribution in [0.1, 0.15) is 6.92 Å². The van der Waals surface area contributed by atoms with Crippen molar-refractivity contribution in [2.45, 2.75) is 24.7 Å². The van der Waals surface area contributed by atoms with E-state index in [1.165, 1.54) is 0 Å². The third kappa shape index (κ3) is 2.31. The minimum Gasteiger partial charge on any atom is -0.468 e. The molecule has 0 aromatic rings. The van der Waals surface area contributed by atoms with E-state index in [9.17, 15) is 18.0 Å². The van der Waals surface area contributed by atoms with E-state index in [1.807, 2.05) is 0 Å².